The van der Waals surface area contributed by atoms with E-state index < -0.39 is 5.97 Å². The Labute approximate surface area is 126 Å². The fourth-order valence-electron chi connectivity index (χ4n) is 1.59. The van der Waals surface area contributed by atoms with Crippen molar-refractivity contribution in [2.75, 3.05) is 0 Å². The minimum atomic E-state index is -1.06. The lowest BCUT2D eigenvalue weighted by atomic mass is 10.2. The van der Waals surface area contributed by atoms with Gasteiger partial charge in [-0.1, -0.05) is 29.7 Å². The van der Waals surface area contributed by atoms with Crippen LogP contribution in [-0.2, 0) is 17.8 Å². The number of aryl methyl sites for hydroxylation is 1. The maximum atomic E-state index is 10.6. The highest BCUT2D eigenvalue weighted by molar-refractivity contribution is 6.32. The second-order valence-electron chi connectivity index (χ2n) is 4.07. The number of rotatable bonds is 6. The Kier molecular flexibility index (Phi) is 4.94. The van der Waals surface area contributed by atoms with E-state index in [0.717, 1.165) is 6.08 Å². The van der Waals surface area contributed by atoms with E-state index in [1.54, 1.807) is 18.2 Å². The van der Waals surface area contributed by atoms with Crippen molar-refractivity contribution >= 4 is 23.6 Å². The van der Waals surface area contributed by atoms with Gasteiger partial charge in [0.05, 0.1) is 5.02 Å². The molecule has 2 rings (SSSR count). The van der Waals surface area contributed by atoms with Gasteiger partial charge in [0.25, 0.3) is 5.89 Å². The lowest BCUT2D eigenvalue weighted by Crippen LogP contribution is -1.98. The van der Waals surface area contributed by atoms with Crippen LogP contribution in [0.4, 0.5) is 0 Å². The molecule has 110 valence electrons. The number of halogens is 1. The molecule has 1 heterocycles. The molecule has 0 aliphatic carbocycles. The van der Waals surface area contributed by atoms with Gasteiger partial charge in [-0.05, 0) is 18.2 Å². The number of aliphatic carboxylic acids is 1. The zero-order valence-electron chi connectivity index (χ0n) is 11.2. The molecule has 0 atom stereocenters. The molecule has 6 nitrogen and oxygen atoms in total. The van der Waals surface area contributed by atoms with Crippen LogP contribution in [0.5, 0.6) is 5.75 Å². The third kappa shape index (κ3) is 4.06. The smallest absolute Gasteiger partial charge is 0.328 e. The van der Waals surface area contributed by atoms with E-state index >= 15 is 0 Å². The lowest BCUT2D eigenvalue weighted by Gasteiger charge is -2.08. The summed E-state index contributed by atoms with van der Waals surface area (Å²) >= 11 is 6.05. The summed E-state index contributed by atoms with van der Waals surface area (Å²) in [6.07, 6.45) is 3.05. The molecule has 1 N–H and O–H groups in total. The summed E-state index contributed by atoms with van der Waals surface area (Å²) < 4.78 is 10.6. The van der Waals surface area contributed by atoms with Crippen LogP contribution < -0.4 is 4.74 Å². The summed E-state index contributed by atoms with van der Waals surface area (Å²) in [6, 6.07) is 5.05. The second-order valence-corrected chi connectivity index (χ2v) is 4.48. The third-order valence-corrected chi connectivity index (χ3v) is 2.91. The van der Waals surface area contributed by atoms with Gasteiger partial charge in [0.2, 0.25) is 0 Å². The van der Waals surface area contributed by atoms with Gasteiger partial charge in [-0.25, -0.2) is 4.79 Å². The van der Waals surface area contributed by atoms with Crippen LogP contribution in [0.25, 0.3) is 6.08 Å². The molecule has 0 bridgehead atoms. The van der Waals surface area contributed by atoms with Crippen molar-refractivity contribution in [1.82, 2.24) is 10.1 Å². The van der Waals surface area contributed by atoms with Crippen LogP contribution in [0.1, 0.15) is 24.2 Å². The predicted molar refractivity (Wildman–Crippen MR) is 76.1 cm³/mol. The molecule has 0 saturated carbocycles. The number of benzene rings is 1. The SMILES string of the molecule is CCc1noc(COc2cccc(Cl)c2/C=C/C(=O)O)n1. The first-order valence-corrected chi connectivity index (χ1v) is 6.61. The van der Waals surface area contributed by atoms with Crippen LogP contribution in [-0.4, -0.2) is 21.2 Å². The van der Waals surface area contributed by atoms with Crippen LogP contribution in [0.3, 0.4) is 0 Å². The summed E-state index contributed by atoms with van der Waals surface area (Å²) in [5, 5.41) is 12.8. The number of carboxylic acid groups (broad SMARTS) is 1. The minimum absolute atomic E-state index is 0.0846. The molecule has 0 unspecified atom stereocenters. The van der Waals surface area contributed by atoms with Gasteiger partial charge in [0.15, 0.2) is 12.4 Å². The summed E-state index contributed by atoms with van der Waals surface area (Å²) in [5.41, 5.74) is 0.483. The summed E-state index contributed by atoms with van der Waals surface area (Å²) in [4.78, 5) is 14.7. The molecule has 0 amide bonds. The topological polar surface area (TPSA) is 85.5 Å². The monoisotopic (exact) mass is 308 g/mol. The lowest BCUT2D eigenvalue weighted by molar-refractivity contribution is -0.131. The van der Waals surface area contributed by atoms with Gasteiger partial charge in [-0.3, -0.25) is 0 Å². The van der Waals surface area contributed by atoms with Crippen molar-refractivity contribution in [3.05, 3.63) is 46.6 Å². The minimum Gasteiger partial charge on any atom is -0.483 e. The van der Waals surface area contributed by atoms with Crippen molar-refractivity contribution in [1.29, 1.82) is 0 Å². The van der Waals surface area contributed by atoms with E-state index in [1.807, 2.05) is 6.92 Å². The van der Waals surface area contributed by atoms with Gasteiger partial charge in [0, 0.05) is 18.1 Å². The molecule has 0 aliphatic heterocycles. The molecule has 0 spiro atoms. The summed E-state index contributed by atoms with van der Waals surface area (Å²) in [6.45, 7) is 2.00. The molecule has 2 aromatic rings. The molecule has 21 heavy (non-hydrogen) atoms. The van der Waals surface area contributed by atoms with Crippen molar-refractivity contribution in [2.24, 2.45) is 0 Å². The number of aromatic nitrogens is 2. The normalized spacial score (nSPS) is 11.0. The average Bonchev–Trinajstić information content (AvgIpc) is 2.92. The van der Waals surface area contributed by atoms with Gasteiger partial charge >= 0.3 is 5.97 Å². The van der Waals surface area contributed by atoms with Crippen molar-refractivity contribution in [3.8, 4) is 5.75 Å². The van der Waals surface area contributed by atoms with Gasteiger partial charge in [-0.2, -0.15) is 4.98 Å². The molecule has 0 saturated heterocycles. The second kappa shape index (κ2) is 6.90. The number of hydrogen-bond donors (Lipinski definition) is 1. The molecule has 7 heteroatoms. The van der Waals surface area contributed by atoms with E-state index in [9.17, 15) is 4.79 Å². The van der Waals surface area contributed by atoms with E-state index in [1.165, 1.54) is 6.08 Å². The van der Waals surface area contributed by atoms with Gasteiger partial charge in [-0.15, -0.1) is 0 Å². The first kappa shape index (κ1) is 15.1. The quantitative estimate of drug-likeness (QED) is 0.826. The first-order chi connectivity index (χ1) is 10.1. The Morgan fingerprint density at radius 2 is 2.33 bits per heavy atom. The molecular weight excluding hydrogens is 296 g/mol. The summed E-state index contributed by atoms with van der Waals surface area (Å²) in [7, 11) is 0. The maximum Gasteiger partial charge on any atom is 0.328 e. The van der Waals surface area contributed by atoms with Crippen molar-refractivity contribution in [3.63, 3.8) is 0 Å². The van der Waals surface area contributed by atoms with Crippen LogP contribution in [0.15, 0.2) is 28.8 Å². The fraction of sp³-hybridized carbons (Fsp3) is 0.214. The van der Waals surface area contributed by atoms with E-state index in [0.29, 0.717) is 34.5 Å². The van der Waals surface area contributed by atoms with Gasteiger partial charge < -0.3 is 14.4 Å². The van der Waals surface area contributed by atoms with Crippen molar-refractivity contribution < 1.29 is 19.2 Å². The van der Waals surface area contributed by atoms with E-state index in [2.05, 4.69) is 10.1 Å². The van der Waals surface area contributed by atoms with Gasteiger partial charge in [0.1, 0.15) is 5.75 Å². The number of carboxylic acids is 1. The largest absolute Gasteiger partial charge is 0.483 e. The molecule has 0 fully saturated rings. The Hall–Kier alpha value is -2.34. The standard InChI is InChI=1S/C14H13ClN2O4/c1-2-12-16-13(21-17-12)8-20-11-5-3-4-10(15)9(11)6-7-14(18)19/h3-7H,2,8H2,1H3,(H,18,19)/b7-6+. The van der Waals surface area contributed by atoms with Crippen LogP contribution in [0.2, 0.25) is 5.02 Å². The maximum absolute atomic E-state index is 10.6. The number of hydrogen-bond acceptors (Lipinski definition) is 5. The zero-order valence-corrected chi connectivity index (χ0v) is 12.0. The molecule has 1 aromatic heterocycles. The number of ether oxygens (including phenoxy) is 1. The Morgan fingerprint density at radius 3 is 3.00 bits per heavy atom. The molecule has 0 radical (unpaired) electrons. The Morgan fingerprint density at radius 1 is 1.52 bits per heavy atom. The first-order valence-electron chi connectivity index (χ1n) is 6.24. The highest BCUT2D eigenvalue weighted by atomic mass is 35.5. The number of nitrogens with zero attached hydrogens (tertiary/aromatic N) is 2. The third-order valence-electron chi connectivity index (χ3n) is 2.58. The van der Waals surface area contributed by atoms with Crippen molar-refractivity contribution in [2.45, 2.75) is 20.0 Å². The zero-order chi connectivity index (χ0) is 15.2. The Balaban J connectivity index is 2.15. The highest BCUT2D eigenvalue weighted by Crippen LogP contribution is 2.28. The Bertz CT molecular complexity index is 667. The van der Waals surface area contributed by atoms with E-state index in [-0.39, 0.29) is 6.61 Å². The predicted octanol–water partition coefficient (Wildman–Crippen LogP) is 2.96. The molecular formula is C14H13ClN2O4. The molecule has 0 aliphatic rings. The van der Waals surface area contributed by atoms with Crippen LogP contribution in [0, 0.1) is 0 Å². The fourth-order valence-corrected chi connectivity index (χ4v) is 1.82. The summed E-state index contributed by atoms with van der Waals surface area (Å²) in [5.74, 6) is 0.326. The molecule has 1 aromatic carbocycles. The number of carbonyl (C=O) groups is 1. The highest BCUT2D eigenvalue weighted by Gasteiger charge is 2.09. The van der Waals surface area contributed by atoms with Crippen LogP contribution >= 0.6 is 11.6 Å². The average molecular weight is 309 g/mol. The van der Waals surface area contributed by atoms with E-state index in [4.69, 9.17) is 26.0 Å².